The van der Waals surface area contributed by atoms with Gasteiger partial charge in [-0.05, 0) is 38.5 Å². The molecule has 0 aliphatic carbocycles. The molecule has 6 heteroatoms. The monoisotopic (exact) mass is 333 g/mol. The Morgan fingerprint density at radius 3 is 2.59 bits per heavy atom. The van der Waals surface area contributed by atoms with Crippen molar-refractivity contribution in [3.63, 3.8) is 0 Å². The Balaban J connectivity index is 0.00000441. The van der Waals surface area contributed by atoms with Gasteiger partial charge < -0.3 is 16.0 Å². The number of nitrogens with one attached hydrogen (secondary N) is 1. The number of hydrogen-bond acceptors (Lipinski definition) is 3. The van der Waals surface area contributed by atoms with E-state index in [2.05, 4.69) is 5.32 Å². The first-order valence-electron chi connectivity index (χ1n) is 8.25. The van der Waals surface area contributed by atoms with E-state index in [0.717, 1.165) is 32.2 Å². The Bertz CT molecular complexity index is 361. The van der Waals surface area contributed by atoms with Gasteiger partial charge in [0.2, 0.25) is 11.8 Å². The van der Waals surface area contributed by atoms with Gasteiger partial charge >= 0.3 is 0 Å². The zero-order valence-corrected chi connectivity index (χ0v) is 15.0. The summed E-state index contributed by atoms with van der Waals surface area (Å²) < 4.78 is 0. The first kappa shape index (κ1) is 21.2. The molecule has 0 aromatic rings. The first-order valence-corrected chi connectivity index (χ1v) is 8.25. The van der Waals surface area contributed by atoms with Crippen LogP contribution in [-0.2, 0) is 9.59 Å². The van der Waals surface area contributed by atoms with Gasteiger partial charge in [-0.2, -0.15) is 0 Å². The topological polar surface area (TPSA) is 75.4 Å². The van der Waals surface area contributed by atoms with Crippen LogP contribution in [0.3, 0.4) is 0 Å². The second kappa shape index (κ2) is 10.1. The summed E-state index contributed by atoms with van der Waals surface area (Å²) >= 11 is 0. The molecule has 1 fully saturated rings. The second-order valence-electron chi connectivity index (χ2n) is 6.48. The maximum Gasteiger partial charge on any atom is 0.242 e. The third kappa shape index (κ3) is 6.53. The molecule has 0 radical (unpaired) electrons. The molecule has 0 aromatic carbocycles. The summed E-state index contributed by atoms with van der Waals surface area (Å²) in [6.07, 6.45) is 5.10. The summed E-state index contributed by atoms with van der Waals surface area (Å²) in [5.41, 5.74) is 5.39. The summed E-state index contributed by atoms with van der Waals surface area (Å²) in [7, 11) is 0. The van der Waals surface area contributed by atoms with E-state index in [1.807, 2.05) is 25.7 Å². The van der Waals surface area contributed by atoms with E-state index in [-0.39, 0.29) is 24.2 Å². The van der Waals surface area contributed by atoms with Crippen molar-refractivity contribution < 1.29 is 9.59 Å². The quantitative estimate of drug-likeness (QED) is 0.749. The number of hydrogen-bond donors (Lipinski definition) is 2. The fourth-order valence-electron chi connectivity index (χ4n) is 2.98. The minimum Gasteiger partial charge on any atom is -0.356 e. The highest BCUT2D eigenvalue weighted by Crippen LogP contribution is 2.20. The molecule has 3 N–H and O–H groups in total. The molecule has 1 aliphatic rings. The van der Waals surface area contributed by atoms with E-state index >= 15 is 0 Å². The molecule has 2 atom stereocenters. The molecule has 5 nitrogen and oxygen atoms in total. The van der Waals surface area contributed by atoms with Crippen LogP contribution in [0.2, 0.25) is 0 Å². The van der Waals surface area contributed by atoms with Gasteiger partial charge in [0.05, 0.1) is 5.54 Å². The Labute approximate surface area is 140 Å². The number of carbonyl (C=O) groups excluding carboxylic acids is 2. The van der Waals surface area contributed by atoms with Gasteiger partial charge in [0.25, 0.3) is 0 Å². The van der Waals surface area contributed by atoms with E-state index < -0.39 is 5.54 Å². The van der Waals surface area contributed by atoms with Crippen molar-refractivity contribution >= 4 is 24.2 Å². The Morgan fingerprint density at radius 2 is 2.00 bits per heavy atom. The van der Waals surface area contributed by atoms with Gasteiger partial charge in [-0.15, -0.1) is 12.4 Å². The predicted octanol–water partition coefficient (Wildman–Crippen LogP) is 2.08. The summed E-state index contributed by atoms with van der Waals surface area (Å²) in [6.45, 7) is 8.02. The van der Waals surface area contributed by atoms with Gasteiger partial charge in [-0.1, -0.05) is 20.3 Å². The summed E-state index contributed by atoms with van der Waals surface area (Å²) in [5.74, 6) is 0.505. The number of rotatable bonds is 7. The van der Waals surface area contributed by atoms with Crippen molar-refractivity contribution in [3.8, 4) is 0 Å². The SMILES string of the molecule is CCCC(=O)NCC1CCCN(C(=O)C(C)(N)CCC)C1.Cl. The van der Waals surface area contributed by atoms with E-state index in [9.17, 15) is 9.59 Å². The molecule has 0 bridgehead atoms. The maximum absolute atomic E-state index is 12.5. The van der Waals surface area contributed by atoms with Crippen molar-refractivity contribution in [1.82, 2.24) is 10.2 Å². The number of piperidine rings is 1. The molecular weight excluding hydrogens is 302 g/mol. The van der Waals surface area contributed by atoms with E-state index in [4.69, 9.17) is 5.73 Å². The van der Waals surface area contributed by atoms with E-state index in [0.29, 0.717) is 31.8 Å². The normalized spacial score (nSPS) is 20.7. The van der Waals surface area contributed by atoms with Gasteiger partial charge in [-0.25, -0.2) is 0 Å². The fraction of sp³-hybridized carbons (Fsp3) is 0.875. The number of likely N-dealkylation sites (tertiary alicyclic amines) is 1. The molecule has 130 valence electrons. The van der Waals surface area contributed by atoms with E-state index in [1.54, 1.807) is 0 Å². The average molecular weight is 334 g/mol. The van der Waals surface area contributed by atoms with Crippen LogP contribution in [0.4, 0.5) is 0 Å². The number of nitrogens with two attached hydrogens (primary N) is 1. The highest BCUT2D eigenvalue weighted by Gasteiger charge is 2.34. The Kier molecular flexibility index (Phi) is 9.69. The third-order valence-electron chi connectivity index (χ3n) is 4.13. The van der Waals surface area contributed by atoms with E-state index in [1.165, 1.54) is 0 Å². The standard InChI is InChI=1S/C16H31N3O2.ClH/c1-4-7-14(20)18-11-13-8-6-10-19(12-13)15(21)16(3,17)9-5-2;/h13H,4-12,17H2,1-3H3,(H,18,20);1H. The van der Waals surface area contributed by atoms with Gasteiger partial charge in [0, 0.05) is 26.1 Å². The number of amides is 2. The minimum absolute atomic E-state index is 0. The van der Waals surface area contributed by atoms with Crippen LogP contribution >= 0.6 is 12.4 Å². The van der Waals surface area contributed by atoms with Crippen LogP contribution in [0.5, 0.6) is 0 Å². The number of carbonyl (C=O) groups is 2. The van der Waals surface area contributed by atoms with Gasteiger partial charge in [0.1, 0.15) is 0 Å². The molecule has 1 rings (SSSR count). The largest absolute Gasteiger partial charge is 0.356 e. The number of halogens is 1. The summed E-state index contributed by atoms with van der Waals surface area (Å²) in [6, 6.07) is 0. The maximum atomic E-state index is 12.5. The molecule has 1 heterocycles. The lowest BCUT2D eigenvalue weighted by atomic mass is 9.92. The molecule has 1 saturated heterocycles. The van der Waals surface area contributed by atoms with Crippen LogP contribution in [0.1, 0.15) is 59.3 Å². The summed E-state index contributed by atoms with van der Waals surface area (Å²) in [4.78, 5) is 25.9. The van der Waals surface area contributed by atoms with Crippen LogP contribution in [0.15, 0.2) is 0 Å². The fourth-order valence-corrected chi connectivity index (χ4v) is 2.98. The molecular formula is C16H32ClN3O2. The summed E-state index contributed by atoms with van der Waals surface area (Å²) in [5, 5.41) is 2.97. The van der Waals surface area contributed by atoms with Crippen molar-refractivity contribution in [2.75, 3.05) is 19.6 Å². The first-order chi connectivity index (χ1) is 9.90. The average Bonchev–Trinajstić information content (AvgIpc) is 2.45. The molecule has 2 amide bonds. The molecule has 22 heavy (non-hydrogen) atoms. The Hall–Kier alpha value is -0.810. The van der Waals surface area contributed by atoms with Gasteiger partial charge in [0.15, 0.2) is 0 Å². The zero-order valence-electron chi connectivity index (χ0n) is 14.2. The predicted molar refractivity (Wildman–Crippen MR) is 92.0 cm³/mol. The van der Waals surface area contributed by atoms with Crippen LogP contribution in [0.25, 0.3) is 0 Å². The lowest BCUT2D eigenvalue weighted by Gasteiger charge is -2.37. The lowest BCUT2D eigenvalue weighted by Crippen LogP contribution is -2.56. The minimum atomic E-state index is -0.762. The van der Waals surface area contributed by atoms with Crippen LogP contribution in [-0.4, -0.2) is 41.9 Å². The van der Waals surface area contributed by atoms with Crippen LogP contribution < -0.4 is 11.1 Å². The van der Waals surface area contributed by atoms with Gasteiger partial charge in [-0.3, -0.25) is 9.59 Å². The van der Waals surface area contributed by atoms with Crippen molar-refractivity contribution in [2.24, 2.45) is 11.7 Å². The molecule has 2 unspecified atom stereocenters. The zero-order chi connectivity index (χ0) is 15.9. The molecule has 0 spiro atoms. The van der Waals surface area contributed by atoms with Crippen molar-refractivity contribution in [1.29, 1.82) is 0 Å². The molecule has 0 aromatic heterocycles. The Morgan fingerprint density at radius 1 is 1.32 bits per heavy atom. The highest BCUT2D eigenvalue weighted by molar-refractivity contribution is 5.86. The van der Waals surface area contributed by atoms with Crippen molar-refractivity contribution in [3.05, 3.63) is 0 Å². The number of nitrogens with zero attached hydrogens (tertiary/aromatic N) is 1. The lowest BCUT2D eigenvalue weighted by molar-refractivity contribution is -0.138. The molecule has 0 saturated carbocycles. The third-order valence-corrected chi connectivity index (χ3v) is 4.13. The van der Waals surface area contributed by atoms with Crippen molar-refractivity contribution in [2.45, 2.75) is 64.8 Å². The second-order valence-corrected chi connectivity index (χ2v) is 6.48. The smallest absolute Gasteiger partial charge is 0.242 e. The molecule has 1 aliphatic heterocycles. The highest BCUT2D eigenvalue weighted by atomic mass is 35.5. The van der Waals surface area contributed by atoms with Crippen LogP contribution in [0, 0.1) is 5.92 Å².